The molecule has 0 unspecified atom stereocenters. The fraction of sp³-hybridized carbons (Fsp3) is 0.125. The summed E-state index contributed by atoms with van der Waals surface area (Å²) in [5.74, 6) is -1.46. The van der Waals surface area contributed by atoms with Gasteiger partial charge in [0.25, 0.3) is 0 Å². The molecule has 140 valence electrons. The van der Waals surface area contributed by atoms with Crippen molar-refractivity contribution in [3.63, 3.8) is 0 Å². The normalized spacial score (nSPS) is 13.9. The summed E-state index contributed by atoms with van der Waals surface area (Å²) < 4.78 is 105. The zero-order valence-corrected chi connectivity index (χ0v) is 13.5. The fourth-order valence-corrected chi connectivity index (χ4v) is 2.50. The Balaban J connectivity index is 2.81. The highest BCUT2D eigenvalue weighted by molar-refractivity contribution is 7.87. The SMILES string of the molecule is O=S(=O)(O/C(=C(\c1ccccc1)C(F)(F)F)c1ccccc1)C(F)(F)F. The van der Waals surface area contributed by atoms with Crippen LogP contribution in [-0.4, -0.2) is 20.1 Å². The summed E-state index contributed by atoms with van der Waals surface area (Å²) >= 11 is 0. The first kappa shape index (κ1) is 19.8. The van der Waals surface area contributed by atoms with Crippen LogP contribution in [0.4, 0.5) is 26.3 Å². The molecule has 10 heteroatoms. The predicted octanol–water partition coefficient (Wildman–Crippen LogP) is 4.98. The Morgan fingerprint density at radius 2 is 1.15 bits per heavy atom. The second-order valence-corrected chi connectivity index (χ2v) is 6.45. The first-order valence-electron chi connectivity index (χ1n) is 6.86. The molecule has 0 atom stereocenters. The molecule has 26 heavy (non-hydrogen) atoms. The monoisotopic (exact) mass is 396 g/mol. The predicted molar refractivity (Wildman–Crippen MR) is 81.8 cm³/mol. The molecule has 0 radical (unpaired) electrons. The number of halogens is 6. The van der Waals surface area contributed by atoms with E-state index >= 15 is 0 Å². The van der Waals surface area contributed by atoms with Crippen molar-refractivity contribution in [2.75, 3.05) is 0 Å². The van der Waals surface area contributed by atoms with E-state index in [0.29, 0.717) is 0 Å². The molecule has 0 N–H and O–H groups in total. The van der Waals surface area contributed by atoms with Gasteiger partial charge in [-0.1, -0.05) is 60.7 Å². The van der Waals surface area contributed by atoms with Gasteiger partial charge in [-0.15, -0.1) is 0 Å². The molecule has 0 fully saturated rings. The highest BCUT2D eigenvalue weighted by Gasteiger charge is 2.50. The Hall–Kier alpha value is -2.49. The molecular weight excluding hydrogens is 386 g/mol. The summed E-state index contributed by atoms with van der Waals surface area (Å²) in [5, 5.41) is 0. The molecule has 2 aromatic carbocycles. The van der Waals surface area contributed by atoms with E-state index in [-0.39, 0.29) is 0 Å². The van der Waals surface area contributed by atoms with Gasteiger partial charge in [-0.05, 0) is 5.56 Å². The average Bonchev–Trinajstić information content (AvgIpc) is 2.53. The number of hydrogen-bond donors (Lipinski definition) is 0. The van der Waals surface area contributed by atoms with Crippen molar-refractivity contribution in [3.05, 3.63) is 71.8 Å². The van der Waals surface area contributed by atoms with Gasteiger partial charge in [0.1, 0.15) is 5.57 Å². The van der Waals surface area contributed by atoms with Crippen LogP contribution in [0.3, 0.4) is 0 Å². The molecule has 3 nitrogen and oxygen atoms in total. The van der Waals surface area contributed by atoms with E-state index in [9.17, 15) is 34.8 Å². The van der Waals surface area contributed by atoms with Crippen LogP contribution in [0, 0.1) is 0 Å². The van der Waals surface area contributed by atoms with Crippen molar-refractivity contribution < 1.29 is 38.9 Å². The number of hydrogen-bond acceptors (Lipinski definition) is 3. The van der Waals surface area contributed by atoms with Crippen LogP contribution in [0.2, 0.25) is 0 Å². The number of alkyl halides is 6. The molecule has 0 aliphatic heterocycles. The lowest BCUT2D eigenvalue weighted by Crippen LogP contribution is -2.26. The minimum Gasteiger partial charge on any atom is -0.375 e. The van der Waals surface area contributed by atoms with Gasteiger partial charge in [-0.3, -0.25) is 0 Å². The zero-order valence-electron chi connectivity index (χ0n) is 12.7. The van der Waals surface area contributed by atoms with Crippen LogP contribution >= 0.6 is 0 Å². The van der Waals surface area contributed by atoms with Gasteiger partial charge in [-0.25, -0.2) is 0 Å². The Bertz CT molecular complexity index is 885. The van der Waals surface area contributed by atoms with Gasteiger partial charge in [0.15, 0.2) is 5.76 Å². The summed E-state index contributed by atoms with van der Waals surface area (Å²) in [6, 6.07) is 11.7. The topological polar surface area (TPSA) is 43.4 Å². The van der Waals surface area contributed by atoms with E-state index in [0.717, 1.165) is 24.3 Å². The van der Waals surface area contributed by atoms with Crippen LogP contribution in [0.5, 0.6) is 0 Å². The van der Waals surface area contributed by atoms with Crippen LogP contribution in [0.15, 0.2) is 60.7 Å². The number of allylic oxidation sites excluding steroid dienone is 1. The molecule has 0 aliphatic carbocycles. The Labute approximate surface area is 144 Å². The van der Waals surface area contributed by atoms with Gasteiger partial charge >= 0.3 is 21.8 Å². The fourth-order valence-electron chi connectivity index (χ4n) is 2.01. The standard InChI is InChI=1S/C16H10F6O3S/c17-15(18,19)13(11-7-3-1-4-8-11)14(12-9-5-2-6-10-12)25-26(23,24)16(20,21)22/h1-10H/b14-13+. The van der Waals surface area contributed by atoms with E-state index in [4.69, 9.17) is 0 Å². The molecule has 0 amide bonds. The lowest BCUT2D eigenvalue weighted by atomic mass is 10.0. The van der Waals surface area contributed by atoms with Crippen molar-refractivity contribution in [2.45, 2.75) is 11.7 Å². The molecule has 0 heterocycles. The van der Waals surface area contributed by atoms with E-state index in [2.05, 4.69) is 4.18 Å². The summed E-state index contributed by atoms with van der Waals surface area (Å²) in [5.41, 5.74) is -8.55. The second kappa shape index (κ2) is 7.02. The first-order chi connectivity index (χ1) is 11.9. The molecular formula is C16H10F6O3S. The van der Waals surface area contributed by atoms with E-state index in [1.165, 1.54) is 36.4 Å². The maximum atomic E-state index is 13.6. The van der Waals surface area contributed by atoms with Crippen LogP contribution in [0.1, 0.15) is 11.1 Å². The molecule has 2 rings (SSSR count). The molecule has 0 aromatic heterocycles. The van der Waals surface area contributed by atoms with Gasteiger partial charge < -0.3 is 4.18 Å². The maximum Gasteiger partial charge on any atom is 0.534 e. The highest BCUT2D eigenvalue weighted by atomic mass is 32.2. The number of benzene rings is 2. The Morgan fingerprint density at radius 1 is 0.731 bits per heavy atom. The maximum absolute atomic E-state index is 13.6. The largest absolute Gasteiger partial charge is 0.534 e. The lowest BCUT2D eigenvalue weighted by molar-refractivity contribution is -0.0697. The average molecular weight is 396 g/mol. The molecule has 0 saturated carbocycles. The third-order valence-electron chi connectivity index (χ3n) is 3.09. The van der Waals surface area contributed by atoms with Gasteiger partial charge in [0.05, 0.1) is 0 Å². The molecule has 0 bridgehead atoms. The lowest BCUT2D eigenvalue weighted by Gasteiger charge is -2.19. The van der Waals surface area contributed by atoms with Crippen molar-refractivity contribution in [2.24, 2.45) is 0 Å². The Morgan fingerprint density at radius 3 is 1.54 bits per heavy atom. The highest BCUT2D eigenvalue weighted by Crippen LogP contribution is 2.42. The van der Waals surface area contributed by atoms with Gasteiger partial charge in [-0.2, -0.15) is 34.8 Å². The van der Waals surface area contributed by atoms with Crippen LogP contribution < -0.4 is 0 Å². The minimum absolute atomic E-state index is 0.475. The molecule has 0 aliphatic rings. The third kappa shape index (κ3) is 4.37. The third-order valence-corrected chi connectivity index (χ3v) is 4.04. The summed E-state index contributed by atoms with van der Waals surface area (Å²) in [7, 11) is -6.32. The van der Waals surface area contributed by atoms with Crippen molar-refractivity contribution in [1.29, 1.82) is 0 Å². The van der Waals surface area contributed by atoms with Crippen molar-refractivity contribution in [3.8, 4) is 0 Å². The minimum atomic E-state index is -6.32. The first-order valence-corrected chi connectivity index (χ1v) is 8.27. The van der Waals surface area contributed by atoms with Gasteiger partial charge in [0.2, 0.25) is 0 Å². The second-order valence-electron chi connectivity index (χ2n) is 4.92. The van der Waals surface area contributed by atoms with E-state index in [1.54, 1.807) is 0 Å². The number of rotatable bonds is 4. The van der Waals surface area contributed by atoms with E-state index in [1.807, 2.05) is 0 Å². The zero-order chi connectivity index (χ0) is 19.6. The quantitative estimate of drug-likeness (QED) is 0.241. The summed E-state index contributed by atoms with van der Waals surface area (Å²) in [6.45, 7) is 0. The molecule has 2 aromatic rings. The summed E-state index contributed by atoms with van der Waals surface area (Å²) in [4.78, 5) is 0. The molecule has 0 spiro atoms. The van der Waals surface area contributed by atoms with Crippen LogP contribution in [-0.2, 0) is 14.3 Å². The van der Waals surface area contributed by atoms with Gasteiger partial charge in [0, 0.05) is 5.56 Å². The molecule has 0 saturated heterocycles. The van der Waals surface area contributed by atoms with Crippen molar-refractivity contribution in [1.82, 2.24) is 0 Å². The van der Waals surface area contributed by atoms with Crippen LogP contribution in [0.25, 0.3) is 11.3 Å². The van der Waals surface area contributed by atoms with E-state index < -0.39 is 44.3 Å². The Kier molecular flexibility index (Phi) is 5.36. The smallest absolute Gasteiger partial charge is 0.375 e. The summed E-state index contributed by atoms with van der Waals surface area (Å²) in [6.07, 6.45) is -5.19. The van der Waals surface area contributed by atoms with Crippen molar-refractivity contribution >= 4 is 21.5 Å².